The fourth-order valence-electron chi connectivity index (χ4n) is 1.56. The summed E-state index contributed by atoms with van der Waals surface area (Å²) in [5, 5.41) is 20.7. The van der Waals surface area contributed by atoms with Crippen molar-refractivity contribution in [2.24, 2.45) is 0 Å². The zero-order chi connectivity index (χ0) is 14.2. The number of nitrogens with zero attached hydrogens (tertiary/aromatic N) is 1. The number of hydrogen-bond donors (Lipinski definition) is 3. The van der Waals surface area contributed by atoms with Gasteiger partial charge in [0.05, 0.1) is 12.1 Å². The van der Waals surface area contributed by atoms with Gasteiger partial charge in [0.2, 0.25) is 0 Å². The Morgan fingerprint density at radius 3 is 2.33 bits per heavy atom. The first-order valence-electron chi connectivity index (χ1n) is 6.15. The highest BCUT2D eigenvalue weighted by atomic mass is 16.4. The fourth-order valence-corrected chi connectivity index (χ4v) is 1.56. The minimum absolute atomic E-state index is 0.173. The number of carbonyl (C=O) groups excluding carboxylic acids is 1. The van der Waals surface area contributed by atoms with Gasteiger partial charge in [0, 0.05) is 20.0 Å². The van der Waals surface area contributed by atoms with Crippen LogP contribution in [0.3, 0.4) is 0 Å². The van der Waals surface area contributed by atoms with Gasteiger partial charge in [-0.05, 0) is 26.7 Å². The number of hydrogen-bond acceptors (Lipinski definition) is 3. The molecule has 0 aromatic rings. The molecule has 0 aliphatic carbocycles. The number of rotatable bonds is 8. The van der Waals surface area contributed by atoms with E-state index >= 15 is 0 Å². The highest BCUT2D eigenvalue weighted by molar-refractivity contribution is 5.73. The number of unbranched alkanes of at least 4 members (excludes halogenated alkanes) is 2. The van der Waals surface area contributed by atoms with Crippen molar-refractivity contribution in [1.82, 2.24) is 10.2 Å². The summed E-state index contributed by atoms with van der Waals surface area (Å²) in [5.74, 6) is -0.788. The second kappa shape index (κ2) is 7.92. The maximum Gasteiger partial charge on any atom is 0.317 e. The van der Waals surface area contributed by atoms with E-state index in [1.165, 1.54) is 4.90 Å². The van der Waals surface area contributed by atoms with Gasteiger partial charge in [-0.15, -0.1) is 0 Å². The Balaban J connectivity index is 3.61. The van der Waals surface area contributed by atoms with Crippen molar-refractivity contribution in [2.45, 2.75) is 45.1 Å². The second-order valence-electron chi connectivity index (χ2n) is 5.10. The number of aliphatic carboxylic acids is 1. The van der Waals surface area contributed by atoms with Gasteiger partial charge in [-0.1, -0.05) is 6.42 Å². The molecule has 0 saturated heterocycles. The summed E-state index contributed by atoms with van der Waals surface area (Å²) in [6.45, 7) is 4.07. The molecule has 0 aliphatic rings. The maximum atomic E-state index is 11.6. The van der Waals surface area contributed by atoms with E-state index < -0.39 is 11.6 Å². The monoisotopic (exact) mass is 260 g/mol. The van der Waals surface area contributed by atoms with Crippen LogP contribution in [0.5, 0.6) is 0 Å². The molecule has 0 fully saturated rings. The minimum Gasteiger partial charge on any atom is -0.481 e. The number of nitrogens with one attached hydrogen (secondary N) is 1. The molecule has 0 bridgehead atoms. The van der Waals surface area contributed by atoms with Gasteiger partial charge < -0.3 is 20.4 Å². The van der Waals surface area contributed by atoms with E-state index in [1.807, 2.05) is 0 Å². The van der Waals surface area contributed by atoms with Gasteiger partial charge in [0.25, 0.3) is 0 Å². The fraction of sp³-hybridized carbons (Fsp3) is 0.833. The quantitative estimate of drug-likeness (QED) is 0.569. The molecule has 0 rings (SSSR count). The van der Waals surface area contributed by atoms with Crippen molar-refractivity contribution >= 4 is 12.0 Å². The normalized spacial score (nSPS) is 11.1. The largest absolute Gasteiger partial charge is 0.481 e. The Morgan fingerprint density at radius 2 is 1.83 bits per heavy atom. The van der Waals surface area contributed by atoms with Crippen LogP contribution in [0.2, 0.25) is 0 Å². The number of carbonyl (C=O) groups is 2. The van der Waals surface area contributed by atoms with E-state index in [0.29, 0.717) is 13.0 Å². The zero-order valence-corrected chi connectivity index (χ0v) is 11.4. The summed E-state index contributed by atoms with van der Waals surface area (Å²) in [6, 6.07) is -0.227. The van der Waals surface area contributed by atoms with Crippen LogP contribution in [-0.4, -0.2) is 52.9 Å². The van der Waals surface area contributed by atoms with Crippen LogP contribution in [0, 0.1) is 0 Å². The van der Waals surface area contributed by atoms with Gasteiger partial charge in [0.1, 0.15) is 0 Å². The highest BCUT2D eigenvalue weighted by Crippen LogP contribution is 2.03. The maximum absolute atomic E-state index is 11.6. The van der Waals surface area contributed by atoms with Crippen LogP contribution < -0.4 is 5.32 Å². The molecule has 0 heterocycles. The number of carboxylic acids is 1. The Bertz CT molecular complexity index is 274. The summed E-state index contributed by atoms with van der Waals surface area (Å²) < 4.78 is 0. The third kappa shape index (κ3) is 9.89. The third-order valence-corrected chi connectivity index (χ3v) is 2.31. The first-order chi connectivity index (χ1) is 8.22. The standard InChI is InChI=1S/C12H24N2O4/c1-12(2,18)9-14(3)11(17)13-8-6-4-5-7-10(15)16/h18H,4-9H2,1-3H3,(H,13,17)(H,15,16). The summed E-state index contributed by atoms with van der Waals surface area (Å²) in [5.41, 5.74) is -0.909. The third-order valence-electron chi connectivity index (χ3n) is 2.31. The van der Waals surface area contributed by atoms with Crippen LogP contribution in [0.15, 0.2) is 0 Å². The van der Waals surface area contributed by atoms with E-state index in [-0.39, 0.29) is 19.0 Å². The van der Waals surface area contributed by atoms with Gasteiger partial charge in [-0.25, -0.2) is 4.79 Å². The van der Waals surface area contributed by atoms with Crippen molar-refractivity contribution < 1.29 is 19.8 Å². The van der Waals surface area contributed by atoms with E-state index in [2.05, 4.69) is 5.32 Å². The summed E-state index contributed by atoms with van der Waals surface area (Å²) >= 11 is 0. The second-order valence-corrected chi connectivity index (χ2v) is 5.10. The molecular formula is C12H24N2O4. The van der Waals surface area contributed by atoms with Crippen LogP contribution >= 0.6 is 0 Å². The first kappa shape index (κ1) is 16.7. The lowest BCUT2D eigenvalue weighted by Crippen LogP contribution is -2.44. The van der Waals surface area contributed by atoms with Crippen LogP contribution in [-0.2, 0) is 4.79 Å². The number of urea groups is 1. The zero-order valence-electron chi connectivity index (χ0n) is 11.4. The molecule has 106 valence electrons. The van der Waals surface area contributed by atoms with Gasteiger partial charge >= 0.3 is 12.0 Å². The van der Waals surface area contributed by atoms with E-state index in [1.54, 1.807) is 20.9 Å². The van der Waals surface area contributed by atoms with Gasteiger partial charge in [-0.2, -0.15) is 0 Å². The van der Waals surface area contributed by atoms with E-state index in [9.17, 15) is 14.7 Å². The molecular weight excluding hydrogens is 236 g/mol. The van der Waals surface area contributed by atoms with E-state index in [0.717, 1.165) is 12.8 Å². The predicted molar refractivity (Wildman–Crippen MR) is 68.4 cm³/mol. The number of likely N-dealkylation sites (N-methyl/N-ethyl adjacent to an activating group) is 1. The molecule has 0 unspecified atom stereocenters. The lowest BCUT2D eigenvalue weighted by Gasteiger charge is -2.25. The molecule has 0 atom stereocenters. The van der Waals surface area contributed by atoms with Crippen molar-refractivity contribution in [3.63, 3.8) is 0 Å². The summed E-state index contributed by atoms with van der Waals surface area (Å²) in [4.78, 5) is 23.3. The van der Waals surface area contributed by atoms with E-state index in [4.69, 9.17) is 5.11 Å². The Kier molecular flexibility index (Phi) is 7.35. The molecule has 0 spiro atoms. The Hall–Kier alpha value is -1.30. The summed E-state index contributed by atoms with van der Waals surface area (Å²) in [6.07, 6.45) is 2.34. The smallest absolute Gasteiger partial charge is 0.317 e. The lowest BCUT2D eigenvalue weighted by atomic mass is 10.1. The van der Waals surface area contributed by atoms with Crippen LogP contribution in [0.4, 0.5) is 4.79 Å². The van der Waals surface area contributed by atoms with Crippen LogP contribution in [0.1, 0.15) is 39.5 Å². The molecule has 0 radical (unpaired) electrons. The SMILES string of the molecule is CN(CC(C)(C)O)C(=O)NCCCCCC(=O)O. The molecule has 0 saturated carbocycles. The number of aliphatic hydroxyl groups is 1. The average molecular weight is 260 g/mol. The first-order valence-corrected chi connectivity index (χ1v) is 6.15. The number of carboxylic acid groups (broad SMARTS) is 1. The molecule has 6 nitrogen and oxygen atoms in total. The Labute approximate surface area is 108 Å². The number of amides is 2. The van der Waals surface area contributed by atoms with Crippen molar-refractivity contribution in [3.8, 4) is 0 Å². The molecule has 0 aromatic heterocycles. The van der Waals surface area contributed by atoms with Crippen molar-refractivity contribution in [1.29, 1.82) is 0 Å². The minimum atomic E-state index is -0.909. The topological polar surface area (TPSA) is 89.9 Å². The molecule has 0 aliphatic heterocycles. The predicted octanol–water partition coefficient (Wildman–Crippen LogP) is 1.04. The van der Waals surface area contributed by atoms with Crippen molar-refractivity contribution in [3.05, 3.63) is 0 Å². The molecule has 3 N–H and O–H groups in total. The highest BCUT2D eigenvalue weighted by Gasteiger charge is 2.18. The summed E-state index contributed by atoms with van der Waals surface area (Å²) in [7, 11) is 1.62. The Morgan fingerprint density at radius 1 is 1.22 bits per heavy atom. The molecule has 0 aromatic carbocycles. The van der Waals surface area contributed by atoms with Crippen LogP contribution in [0.25, 0.3) is 0 Å². The lowest BCUT2D eigenvalue weighted by molar-refractivity contribution is -0.137. The van der Waals surface area contributed by atoms with Gasteiger partial charge in [-0.3, -0.25) is 4.79 Å². The average Bonchev–Trinajstić information content (AvgIpc) is 2.19. The van der Waals surface area contributed by atoms with Crippen molar-refractivity contribution in [2.75, 3.05) is 20.1 Å². The molecule has 6 heteroatoms. The molecule has 18 heavy (non-hydrogen) atoms. The molecule has 2 amide bonds. The van der Waals surface area contributed by atoms with Gasteiger partial charge in [0.15, 0.2) is 0 Å².